The van der Waals surface area contributed by atoms with Crippen LogP contribution in [0.25, 0.3) is 0 Å². The number of amides is 2. The molecule has 6 nitrogen and oxygen atoms in total. The molecule has 0 saturated carbocycles. The highest BCUT2D eigenvalue weighted by Crippen LogP contribution is 2.27. The first-order valence-corrected chi connectivity index (χ1v) is 9.15. The fourth-order valence-corrected chi connectivity index (χ4v) is 2.52. The molecule has 150 valence electrons. The Bertz CT molecular complexity index is 841. The van der Waals surface area contributed by atoms with Gasteiger partial charge in [-0.05, 0) is 42.3 Å². The summed E-state index contributed by atoms with van der Waals surface area (Å²) in [5.74, 6) is 1.05. The third kappa shape index (κ3) is 5.74. The number of benzene rings is 2. The summed E-state index contributed by atoms with van der Waals surface area (Å²) in [4.78, 5) is 24.5. The Balaban J connectivity index is 1.95. The third-order valence-electron chi connectivity index (χ3n) is 4.21. The van der Waals surface area contributed by atoms with Gasteiger partial charge < -0.3 is 20.1 Å². The Morgan fingerprint density at radius 3 is 2.32 bits per heavy atom. The highest BCUT2D eigenvalue weighted by Gasteiger charge is 2.21. The number of nitrogens with one attached hydrogen (secondary N) is 2. The van der Waals surface area contributed by atoms with E-state index in [0.717, 1.165) is 5.56 Å². The van der Waals surface area contributed by atoms with E-state index in [0.29, 0.717) is 35.7 Å². The Hall–Kier alpha value is -3.02. The van der Waals surface area contributed by atoms with Gasteiger partial charge in [0.15, 0.2) is 11.5 Å². The van der Waals surface area contributed by atoms with Gasteiger partial charge in [0.25, 0.3) is 5.91 Å². The van der Waals surface area contributed by atoms with Crippen molar-refractivity contribution in [2.45, 2.75) is 27.2 Å². The van der Waals surface area contributed by atoms with Crippen molar-refractivity contribution < 1.29 is 19.1 Å². The summed E-state index contributed by atoms with van der Waals surface area (Å²) in [7, 11) is 3.19. The van der Waals surface area contributed by atoms with Gasteiger partial charge in [-0.25, -0.2) is 0 Å². The molecule has 2 amide bonds. The lowest BCUT2D eigenvalue weighted by molar-refractivity contribution is -0.123. The van der Waals surface area contributed by atoms with Gasteiger partial charge in [0.05, 0.1) is 14.2 Å². The van der Waals surface area contributed by atoms with Crippen LogP contribution in [0.15, 0.2) is 42.5 Å². The summed E-state index contributed by atoms with van der Waals surface area (Å²) < 4.78 is 10.5. The molecule has 0 aromatic heterocycles. The van der Waals surface area contributed by atoms with Gasteiger partial charge in [0.2, 0.25) is 5.91 Å². The molecule has 6 heteroatoms. The van der Waals surface area contributed by atoms with Crippen molar-refractivity contribution in [2.24, 2.45) is 5.41 Å². The minimum atomic E-state index is -0.502. The van der Waals surface area contributed by atoms with Crippen molar-refractivity contribution in [1.82, 2.24) is 5.32 Å². The summed E-state index contributed by atoms with van der Waals surface area (Å²) in [5.41, 5.74) is 1.63. The molecule has 0 heterocycles. The Morgan fingerprint density at radius 1 is 0.964 bits per heavy atom. The number of carbonyl (C=O) groups excluding carboxylic acids is 2. The average molecular weight is 384 g/mol. The van der Waals surface area contributed by atoms with Crippen LogP contribution in [0.3, 0.4) is 0 Å². The van der Waals surface area contributed by atoms with Crippen LogP contribution in [0.2, 0.25) is 0 Å². The molecule has 0 fully saturated rings. The van der Waals surface area contributed by atoms with Gasteiger partial charge in [0, 0.05) is 23.2 Å². The van der Waals surface area contributed by atoms with E-state index in [1.54, 1.807) is 38.5 Å². The minimum Gasteiger partial charge on any atom is -0.493 e. The first kappa shape index (κ1) is 21.3. The second-order valence-corrected chi connectivity index (χ2v) is 7.48. The maximum absolute atomic E-state index is 12.4. The molecule has 2 aromatic rings. The molecule has 0 spiro atoms. The zero-order valence-electron chi connectivity index (χ0n) is 17.1. The molecular formula is C22H28N2O4. The molecule has 2 rings (SSSR count). The van der Waals surface area contributed by atoms with Gasteiger partial charge in [-0.1, -0.05) is 32.9 Å². The van der Waals surface area contributed by atoms with Crippen LogP contribution in [0.5, 0.6) is 11.5 Å². The summed E-state index contributed by atoms with van der Waals surface area (Å²) >= 11 is 0. The zero-order chi connectivity index (χ0) is 20.7. The van der Waals surface area contributed by atoms with Gasteiger partial charge >= 0.3 is 0 Å². The zero-order valence-corrected chi connectivity index (χ0v) is 17.1. The maximum Gasteiger partial charge on any atom is 0.251 e. The van der Waals surface area contributed by atoms with E-state index >= 15 is 0 Å². The normalized spacial score (nSPS) is 10.9. The molecule has 0 radical (unpaired) electrons. The SMILES string of the molecule is COc1ccc(CCNC(=O)c2cccc(NC(=O)C(C)(C)C)c2)cc1OC. The Morgan fingerprint density at radius 2 is 1.68 bits per heavy atom. The van der Waals surface area contributed by atoms with Crippen LogP contribution in [-0.4, -0.2) is 32.6 Å². The number of rotatable bonds is 7. The Kier molecular flexibility index (Phi) is 7.04. The van der Waals surface area contributed by atoms with Crippen molar-refractivity contribution >= 4 is 17.5 Å². The second-order valence-electron chi connectivity index (χ2n) is 7.48. The number of anilines is 1. The number of methoxy groups -OCH3 is 2. The van der Waals surface area contributed by atoms with Gasteiger partial charge in [-0.2, -0.15) is 0 Å². The highest BCUT2D eigenvalue weighted by atomic mass is 16.5. The Labute approximate surface area is 166 Å². The van der Waals surface area contributed by atoms with Crippen LogP contribution >= 0.6 is 0 Å². The molecule has 0 bridgehead atoms. The summed E-state index contributed by atoms with van der Waals surface area (Å²) in [5, 5.41) is 5.74. The van der Waals surface area contributed by atoms with E-state index in [9.17, 15) is 9.59 Å². The lowest BCUT2D eigenvalue weighted by Crippen LogP contribution is -2.28. The quantitative estimate of drug-likeness (QED) is 0.764. The molecule has 0 aliphatic rings. The summed E-state index contributed by atoms with van der Waals surface area (Å²) in [6.45, 7) is 6.00. The molecule has 0 atom stereocenters. The van der Waals surface area contributed by atoms with Crippen LogP contribution < -0.4 is 20.1 Å². The molecule has 0 saturated heterocycles. The predicted molar refractivity (Wildman–Crippen MR) is 110 cm³/mol. The van der Waals surface area contributed by atoms with Crippen molar-refractivity contribution in [1.29, 1.82) is 0 Å². The highest BCUT2D eigenvalue weighted by molar-refractivity contribution is 5.98. The average Bonchev–Trinajstić information content (AvgIpc) is 2.67. The van der Waals surface area contributed by atoms with Crippen LogP contribution in [-0.2, 0) is 11.2 Å². The van der Waals surface area contributed by atoms with E-state index < -0.39 is 5.41 Å². The first-order chi connectivity index (χ1) is 13.2. The molecule has 28 heavy (non-hydrogen) atoms. The molecule has 2 aromatic carbocycles. The number of carbonyl (C=O) groups is 2. The molecular weight excluding hydrogens is 356 g/mol. The topological polar surface area (TPSA) is 76.7 Å². The lowest BCUT2D eigenvalue weighted by atomic mass is 9.95. The van der Waals surface area contributed by atoms with Crippen LogP contribution in [0.4, 0.5) is 5.69 Å². The first-order valence-electron chi connectivity index (χ1n) is 9.15. The standard InChI is InChI=1S/C22H28N2O4/c1-22(2,3)21(26)24-17-8-6-7-16(14-17)20(25)23-12-11-15-9-10-18(27-4)19(13-15)28-5/h6-10,13-14H,11-12H2,1-5H3,(H,23,25)(H,24,26). The van der Waals surface area contributed by atoms with Crippen molar-refractivity contribution in [3.8, 4) is 11.5 Å². The summed E-state index contributed by atoms with van der Waals surface area (Å²) in [6, 6.07) is 12.6. The lowest BCUT2D eigenvalue weighted by Gasteiger charge is -2.18. The molecule has 0 unspecified atom stereocenters. The smallest absolute Gasteiger partial charge is 0.251 e. The van der Waals surface area contributed by atoms with E-state index in [2.05, 4.69) is 10.6 Å². The van der Waals surface area contributed by atoms with Crippen molar-refractivity contribution in [3.05, 3.63) is 53.6 Å². The monoisotopic (exact) mass is 384 g/mol. The van der Waals surface area contributed by atoms with Gasteiger partial charge in [-0.3, -0.25) is 9.59 Å². The maximum atomic E-state index is 12.4. The van der Waals surface area contributed by atoms with E-state index in [4.69, 9.17) is 9.47 Å². The second kappa shape index (κ2) is 9.26. The number of ether oxygens (including phenoxy) is 2. The number of hydrogen-bond donors (Lipinski definition) is 2. The minimum absolute atomic E-state index is 0.0986. The van der Waals surface area contributed by atoms with E-state index in [1.807, 2.05) is 39.0 Å². The molecule has 0 aliphatic carbocycles. The van der Waals surface area contributed by atoms with Crippen LogP contribution in [0, 0.1) is 5.41 Å². The van der Waals surface area contributed by atoms with Gasteiger partial charge in [0.1, 0.15) is 0 Å². The molecule has 2 N–H and O–H groups in total. The third-order valence-corrected chi connectivity index (χ3v) is 4.21. The van der Waals surface area contributed by atoms with E-state index in [1.165, 1.54) is 0 Å². The van der Waals surface area contributed by atoms with Crippen molar-refractivity contribution in [2.75, 3.05) is 26.1 Å². The number of hydrogen-bond acceptors (Lipinski definition) is 4. The largest absolute Gasteiger partial charge is 0.493 e. The molecule has 0 aliphatic heterocycles. The fourth-order valence-electron chi connectivity index (χ4n) is 2.52. The van der Waals surface area contributed by atoms with Crippen molar-refractivity contribution in [3.63, 3.8) is 0 Å². The predicted octanol–water partition coefficient (Wildman–Crippen LogP) is 3.66. The van der Waals surface area contributed by atoms with Crippen LogP contribution in [0.1, 0.15) is 36.7 Å². The van der Waals surface area contributed by atoms with Gasteiger partial charge in [-0.15, -0.1) is 0 Å². The van der Waals surface area contributed by atoms with E-state index in [-0.39, 0.29) is 11.8 Å². The summed E-state index contributed by atoms with van der Waals surface area (Å²) in [6.07, 6.45) is 0.659. The fraction of sp³-hybridized carbons (Fsp3) is 0.364.